The van der Waals surface area contributed by atoms with Gasteiger partial charge in [-0.25, -0.2) is 0 Å². The molecule has 1 aromatic heterocycles. The number of nitrogens with zero attached hydrogens (tertiary/aromatic N) is 3. The lowest BCUT2D eigenvalue weighted by atomic mass is 10.00. The number of hydrogen-bond donors (Lipinski definition) is 0. The van der Waals surface area contributed by atoms with Gasteiger partial charge in [-0.05, 0) is 12.8 Å². The highest BCUT2D eigenvalue weighted by Gasteiger charge is 2.43. The molecule has 1 aliphatic carbocycles. The third-order valence-electron chi connectivity index (χ3n) is 4.78. The van der Waals surface area contributed by atoms with Crippen LogP contribution in [0.1, 0.15) is 41.2 Å². The molecule has 21 heavy (non-hydrogen) atoms. The second kappa shape index (κ2) is 4.81. The molecule has 1 unspecified atom stereocenters. The lowest BCUT2D eigenvalue weighted by molar-refractivity contribution is -0.0995. The lowest BCUT2D eigenvalue weighted by Crippen LogP contribution is -2.54. The number of aromatic nitrogens is 2. The molecule has 0 N–H and O–H groups in total. The topological polar surface area (TPSA) is 56.6 Å². The van der Waals surface area contributed by atoms with Gasteiger partial charge in [-0.15, -0.1) is 0 Å². The van der Waals surface area contributed by atoms with E-state index in [0.29, 0.717) is 32.2 Å². The zero-order valence-electron chi connectivity index (χ0n) is 12.4. The first-order valence-corrected chi connectivity index (χ1v) is 7.71. The zero-order chi connectivity index (χ0) is 14.4. The Morgan fingerprint density at radius 3 is 3.00 bits per heavy atom. The number of rotatable bonds is 2. The number of morpholine rings is 1. The van der Waals surface area contributed by atoms with Crippen LogP contribution in [0.2, 0.25) is 0 Å². The predicted molar refractivity (Wildman–Crippen MR) is 75.2 cm³/mol. The molecule has 6 nitrogen and oxygen atoms in total. The Morgan fingerprint density at radius 2 is 2.29 bits per heavy atom. The van der Waals surface area contributed by atoms with Crippen molar-refractivity contribution in [3.8, 4) is 0 Å². The second-order valence-corrected chi connectivity index (χ2v) is 6.40. The number of ether oxygens (including phenoxy) is 2. The van der Waals surface area contributed by atoms with Gasteiger partial charge >= 0.3 is 0 Å². The monoisotopic (exact) mass is 291 g/mol. The summed E-state index contributed by atoms with van der Waals surface area (Å²) < 4.78 is 13.2. The summed E-state index contributed by atoms with van der Waals surface area (Å²) in [6.07, 6.45) is 4.93. The second-order valence-electron chi connectivity index (χ2n) is 6.40. The molecule has 0 bridgehead atoms. The van der Waals surface area contributed by atoms with Gasteiger partial charge in [0.25, 0.3) is 5.91 Å². The maximum absolute atomic E-state index is 12.9. The van der Waals surface area contributed by atoms with Crippen molar-refractivity contribution >= 4 is 5.91 Å². The first-order chi connectivity index (χ1) is 10.2. The minimum absolute atomic E-state index is 0.0968. The molecule has 1 spiro atoms. The third kappa shape index (κ3) is 2.26. The molecule has 2 aliphatic heterocycles. The highest BCUT2D eigenvalue weighted by Crippen LogP contribution is 2.41. The van der Waals surface area contributed by atoms with Crippen LogP contribution in [0.4, 0.5) is 0 Å². The van der Waals surface area contributed by atoms with Gasteiger partial charge in [0.2, 0.25) is 0 Å². The van der Waals surface area contributed by atoms with Gasteiger partial charge in [0.05, 0.1) is 37.2 Å². The maximum Gasteiger partial charge on any atom is 0.257 e. The molecule has 114 valence electrons. The number of aryl methyl sites for hydroxylation is 1. The van der Waals surface area contributed by atoms with Crippen molar-refractivity contribution < 1.29 is 14.3 Å². The molecule has 3 heterocycles. The van der Waals surface area contributed by atoms with Crippen LogP contribution in [0.3, 0.4) is 0 Å². The van der Waals surface area contributed by atoms with Gasteiger partial charge in [0.1, 0.15) is 5.60 Å². The fraction of sp³-hybridized carbons (Fsp3) is 0.733. The summed E-state index contributed by atoms with van der Waals surface area (Å²) in [5, 5.41) is 4.30. The summed E-state index contributed by atoms with van der Waals surface area (Å²) in [5.41, 5.74) is 1.59. The van der Waals surface area contributed by atoms with E-state index in [4.69, 9.17) is 9.47 Å². The number of carbonyl (C=O) groups is 1. The summed E-state index contributed by atoms with van der Waals surface area (Å²) in [4.78, 5) is 14.8. The van der Waals surface area contributed by atoms with E-state index in [1.54, 1.807) is 6.20 Å². The van der Waals surface area contributed by atoms with E-state index in [0.717, 1.165) is 24.3 Å². The zero-order valence-corrected chi connectivity index (χ0v) is 12.4. The van der Waals surface area contributed by atoms with Crippen LogP contribution in [0, 0.1) is 0 Å². The van der Waals surface area contributed by atoms with Gasteiger partial charge in [0, 0.05) is 32.5 Å². The van der Waals surface area contributed by atoms with Crippen molar-refractivity contribution in [2.75, 3.05) is 32.9 Å². The van der Waals surface area contributed by atoms with Gasteiger partial charge in [-0.1, -0.05) is 0 Å². The normalized spacial score (nSPS) is 29.3. The quantitative estimate of drug-likeness (QED) is 0.813. The SMILES string of the molecule is Cn1ncc(C(=O)N2CCOC3(CCOC3)C2)c1C1CC1. The molecular formula is C15H21N3O3. The van der Waals surface area contributed by atoms with E-state index in [1.165, 1.54) is 12.8 Å². The van der Waals surface area contributed by atoms with Crippen LogP contribution in [0.5, 0.6) is 0 Å². The highest BCUT2D eigenvalue weighted by atomic mass is 16.6. The summed E-state index contributed by atoms with van der Waals surface area (Å²) in [6.45, 7) is 3.19. The Hall–Kier alpha value is -1.40. The van der Waals surface area contributed by atoms with Crippen LogP contribution < -0.4 is 0 Å². The van der Waals surface area contributed by atoms with Crippen LogP contribution in [0.25, 0.3) is 0 Å². The van der Waals surface area contributed by atoms with Crippen molar-refractivity contribution in [3.63, 3.8) is 0 Å². The van der Waals surface area contributed by atoms with Crippen LogP contribution in [-0.4, -0.2) is 59.1 Å². The predicted octanol–water partition coefficient (Wildman–Crippen LogP) is 0.929. The van der Waals surface area contributed by atoms with E-state index in [2.05, 4.69) is 5.10 Å². The first kappa shape index (κ1) is 13.3. The molecule has 0 aromatic carbocycles. The Balaban J connectivity index is 1.57. The molecule has 4 rings (SSSR count). The highest BCUT2D eigenvalue weighted by molar-refractivity contribution is 5.95. The fourth-order valence-electron chi connectivity index (χ4n) is 3.47. The minimum atomic E-state index is -0.282. The van der Waals surface area contributed by atoms with Gasteiger partial charge < -0.3 is 14.4 Å². The molecule has 0 radical (unpaired) electrons. The average molecular weight is 291 g/mol. The van der Waals surface area contributed by atoms with Crippen molar-refractivity contribution in [2.24, 2.45) is 7.05 Å². The van der Waals surface area contributed by atoms with E-state index in [-0.39, 0.29) is 11.5 Å². The summed E-state index contributed by atoms with van der Waals surface area (Å²) >= 11 is 0. The number of carbonyl (C=O) groups excluding carboxylic acids is 1. The maximum atomic E-state index is 12.9. The average Bonchev–Trinajstić information content (AvgIpc) is 3.12. The number of hydrogen-bond acceptors (Lipinski definition) is 4. The summed E-state index contributed by atoms with van der Waals surface area (Å²) in [6, 6.07) is 0. The standard InChI is InChI=1S/C15H21N3O3/c1-17-13(11-2-3-11)12(8-16-17)14(19)18-5-7-21-15(9-18)4-6-20-10-15/h8,11H,2-7,9-10H2,1H3. The first-order valence-electron chi connectivity index (χ1n) is 7.71. The van der Waals surface area contributed by atoms with Gasteiger partial charge in [-0.2, -0.15) is 5.10 Å². The van der Waals surface area contributed by atoms with Crippen molar-refractivity contribution in [1.82, 2.24) is 14.7 Å². The molecule has 1 aromatic rings. The minimum Gasteiger partial charge on any atom is -0.378 e. The molecule has 1 atom stereocenters. The van der Waals surface area contributed by atoms with Crippen LogP contribution in [-0.2, 0) is 16.5 Å². The van der Waals surface area contributed by atoms with E-state index < -0.39 is 0 Å². The van der Waals surface area contributed by atoms with E-state index in [1.807, 2.05) is 16.6 Å². The largest absolute Gasteiger partial charge is 0.378 e. The van der Waals surface area contributed by atoms with Gasteiger partial charge in [0.15, 0.2) is 0 Å². The smallest absolute Gasteiger partial charge is 0.257 e. The van der Waals surface area contributed by atoms with Crippen molar-refractivity contribution in [3.05, 3.63) is 17.5 Å². The van der Waals surface area contributed by atoms with Gasteiger partial charge in [-0.3, -0.25) is 9.48 Å². The van der Waals surface area contributed by atoms with Crippen LogP contribution in [0.15, 0.2) is 6.20 Å². The molecule has 3 fully saturated rings. The Bertz CT molecular complexity index is 559. The van der Waals surface area contributed by atoms with E-state index >= 15 is 0 Å². The summed E-state index contributed by atoms with van der Waals surface area (Å²) in [5.74, 6) is 0.612. The Labute approximate surface area is 124 Å². The van der Waals surface area contributed by atoms with E-state index in [9.17, 15) is 4.79 Å². The lowest BCUT2D eigenvalue weighted by Gasteiger charge is -2.39. The molecule has 1 amide bonds. The summed E-state index contributed by atoms with van der Waals surface area (Å²) in [7, 11) is 1.93. The molecule has 6 heteroatoms. The Morgan fingerprint density at radius 1 is 1.43 bits per heavy atom. The fourth-order valence-corrected chi connectivity index (χ4v) is 3.47. The van der Waals surface area contributed by atoms with Crippen molar-refractivity contribution in [2.45, 2.75) is 30.8 Å². The van der Waals surface area contributed by atoms with Crippen molar-refractivity contribution in [1.29, 1.82) is 0 Å². The third-order valence-corrected chi connectivity index (χ3v) is 4.78. The van der Waals surface area contributed by atoms with Crippen LogP contribution >= 0.6 is 0 Å². The molecule has 2 saturated heterocycles. The molecule has 3 aliphatic rings. The Kier molecular flexibility index (Phi) is 3.04. The molecular weight excluding hydrogens is 270 g/mol. The molecule has 1 saturated carbocycles. The number of amides is 1.